The fourth-order valence-corrected chi connectivity index (χ4v) is 4.56. The van der Waals surface area contributed by atoms with E-state index in [-0.39, 0.29) is 17.9 Å². The topological polar surface area (TPSA) is 124 Å². The molecule has 4 rings (SSSR count). The number of carbonyl (C=O) groups is 1. The highest BCUT2D eigenvalue weighted by atomic mass is 16.5. The van der Waals surface area contributed by atoms with Crippen LogP contribution in [0.1, 0.15) is 25.7 Å². The molecule has 0 bridgehead atoms. The Labute approximate surface area is 194 Å². The maximum absolute atomic E-state index is 13.1. The number of piperidine rings is 2. The standard InChI is InChI=1S/C24H32N6O3/c25-10-5-18(15-26)16-29-11-6-19(7-12-29)24(31)30-13-8-20(9-14-30)33-22-4-2-1-3-21(22)23-27-17-32-28-23/h1-5,10,15,17,19-20H,6-9,11-14,16,25-26H2/b10-5-,18-15+. The first-order valence-electron chi connectivity index (χ1n) is 11.5. The van der Waals surface area contributed by atoms with Crippen LogP contribution in [0.15, 0.2) is 59.2 Å². The van der Waals surface area contributed by atoms with E-state index in [1.54, 1.807) is 6.20 Å². The quantitative estimate of drug-likeness (QED) is 0.613. The minimum absolute atomic E-state index is 0.0565. The molecule has 1 amide bonds. The van der Waals surface area contributed by atoms with Gasteiger partial charge in [-0.2, -0.15) is 4.98 Å². The highest BCUT2D eigenvalue weighted by molar-refractivity contribution is 5.79. The first kappa shape index (κ1) is 22.8. The SMILES string of the molecule is N/C=C\C(=C/N)CN1CCC(C(=O)N2CCC(Oc3ccccc3-c3ncon3)CC2)CC1. The Kier molecular flexibility index (Phi) is 7.62. The van der Waals surface area contributed by atoms with Gasteiger partial charge in [0.15, 0.2) is 0 Å². The average Bonchev–Trinajstić information content (AvgIpc) is 3.39. The van der Waals surface area contributed by atoms with E-state index in [2.05, 4.69) is 15.0 Å². The maximum atomic E-state index is 13.1. The van der Waals surface area contributed by atoms with Crippen molar-refractivity contribution in [1.29, 1.82) is 0 Å². The lowest BCUT2D eigenvalue weighted by molar-refractivity contribution is -0.138. The van der Waals surface area contributed by atoms with Gasteiger partial charge in [0, 0.05) is 38.4 Å². The maximum Gasteiger partial charge on any atom is 0.225 e. The lowest BCUT2D eigenvalue weighted by Gasteiger charge is -2.37. The van der Waals surface area contributed by atoms with Crippen LogP contribution in [0.25, 0.3) is 11.4 Å². The van der Waals surface area contributed by atoms with Gasteiger partial charge in [-0.1, -0.05) is 17.3 Å². The molecular formula is C24H32N6O3. The van der Waals surface area contributed by atoms with E-state index in [0.717, 1.165) is 75.3 Å². The second kappa shape index (κ2) is 11.0. The molecule has 33 heavy (non-hydrogen) atoms. The summed E-state index contributed by atoms with van der Waals surface area (Å²) in [5.41, 5.74) is 12.9. The Morgan fingerprint density at radius 2 is 1.88 bits per heavy atom. The number of hydrogen-bond acceptors (Lipinski definition) is 8. The second-order valence-electron chi connectivity index (χ2n) is 8.54. The zero-order valence-corrected chi connectivity index (χ0v) is 18.8. The molecule has 4 N–H and O–H groups in total. The first-order chi connectivity index (χ1) is 16.2. The third kappa shape index (κ3) is 5.73. The van der Waals surface area contributed by atoms with Gasteiger partial charge in [-0.05, 0) is 62.1 Å². The highest BCUT2D eigenvalue weighted by Gasteiger charge is 2.31. The number of ether oxygens (including phenoxy) is 1. The fourth-order valence-electron chi connectivity index (χ4n) is 4.56. The largest absolute Gasteiger partial charge is 0.490 e. The summed E-state index contributed by atoms with van der Waals surface area (Å²) in [4.78, 5) is 21.6. The number of rotatable bonds is 7. The highest BCUT2D eigenvalue weighted by Crippen LogP contribution is 2.30. The molecule has 2 saturated heterocycles. The summed E-state index contributed by atoms with van der Waals surface area (Å²) in [5, 5.41) is 3.92. The number of likely N-dealkylation sites (tertiary alicyclic amines) is 2. The molecule has 9 nitrogen and oxygen atoms in total. The Morgan fingerprint density at radius 1 is 1.12 bits per heavy atom. The summed E-state index contributed by atoms with van der Waals surface area (Å²) in [6.07, 6.45) is 9.65. The molecule has 2 fully saturated rings. The van der Waals surface area contributed by atoms with Gasteiger partial charge in [-0.25, -0.2) is 0 Å². The molecule has 2 aliphatic heterocycles. The van der Waals surface area contributed by atoms with Crippen LogP contribution >= 0.6 is 0 Å². The monoisotopic (exact) mass is 452 g/mol. The van der Waals surface area contributed by atoms with Gasteiger partial charge in [0.1, 0.15) is 11.9 Å². The van der Waals surface area contributed by atoms with Crippen molar-refractivity contribution in [3.63, 3.8) is 0 Å². The summed E-state index contributed by atoms with van der Waals surface area (Å²) in [7, 11) is 0. The van der Waals surface area contributed by atoms with E-state index in [9.17, 15) is 4.79 Å². The molecular weight excluding hydrogens is 420 g/mol. The van der Waals surface area contributed by atoms with Crippen molar-refractivity contribution < 1.29 is 14.1 Å². The van der Waals surface area contributed by atoms with Crippen molar-refractivity contribution in [3.05, 3.63) is 54.7 Å². The van der Waals surface area contributed by atoms with Gasteiger partial charge in [-0.15, -0.1) is 0 Å². The van der Waals surface area contributed by atoms with E-state index < -0.39 is 0 Å². The van der Waals surface area contributed by atoms with Gasteiger partial charge in [0.25, 0.3) is 0 Å². The average molecular weight is 453 g/mol. The van der Waals surface area contributed by atoms with E-state index in [1.165, 1.54) is 12.6 Å². The van der Waals surface area contributed by atoms with Crippen LogP contribution in [-0.4, -0.2) is 64.7 Å². The van der Waals surface area contributed by atoms with Gasteiger partial charge >= 0.3 is 0 Å². The number of para-hydroxylation sites is 1. The summed E-state index contributed by atoms with van der Waals surface area (Å²) in [5.74, 6) is 1.62. The van der Waals surface area contributed by atoms with Crippen LogP contribution in [0.4, 0.5) is 0 Å². The molecule has 0 radical (unpaired) electrons. The van der Waals surface area contributed by atoms with E-state index in [4.69, 9.17) is 20.7 Å². The fraction of sp³-hybridized carbons (Fsp3) is 0.458. The smallest absolute Gasteiger partial charge is 0.225 e. The molecule has 3 heterocycles. The van der Waals surface area contributed by atoms with Crippen LogP contribution in [-0.2, 0) is 4.79 Å². The number of nitrogens with two attached hydrogens (primary N) is 2. The number of benzene rings is 1. The Morgan fingerprint density at radius 3 is 2.55 bits per heavy atom. The lowest BCUT2D eigenvalue weighted by atomic mass is 9.93. The van der Waals surface area contributed by atoms with Crippen LogP contribution in [0.5, 0.6) is 5.75 Å². The van der Waals surface area contributed by atoms with Crippen LogP contribution < -0.4 is 16.2 Å². The van der Waals surface area contributed by atoms with Gasteiger partial charge in [0.2, 0.25) is 18.1 Å². The number of nitrogens with zero attached hydrogens (tertiary/aromatic N) is 4. The summed E-state index contributed by atoms with van der Waals surface area (Å²) in [6.45, 7) is 3.97. The number of carbonyl (C=O) groups excluding carboxylic acids is 1. The Hall–Kier alpha value is -3.33. The minimum atomic E-state index is 0.0565. The molecule has 0 aliphatic carbocycles. The molecule has 0 spiro atoms. The van der Waals surface area contributed by atoms with Crippen molar-refractivity contribution in [1.82, 2.24) is 19.9 Å². The molecule has 176 valence electrons. The Bertz CT molecular complexity index is 958. The van der Waals surface area contributed by atoms with Crippen LogP contribution in [0, 0.1) is 5.92 Å². The summed E-state index contributed by atoms with van der Waals surface area (Å²) < 4.78 is 11.1. The van der Waals surface area contributed by atoms with Crippen molar-refractivity contribution >= 4 is 5.91 Å². The molecule has 2 aliphatic rings. The van der Waals surface area contributed by atoms with Gasteiger partial charge in [-0.3, -0.25) is 9.69 Å². The summed E-state index contributed by atoms with van der Waals surface area (Å²) in [6, 6.07) is 7.70. The molecule has 1 aromatic heterocycles. The first-order valence-corrected chi connectivity index (χ1v) is 11.5. The van der Waals surface area contributed by atoms with Gasteiger partial charge in [0.05, 0.1) is 5.56 Å². The van der Waals surface area contributed by atoms with E-state index in [0.29, 0.717) is 5.82 Å². The predicted octanol–water partition coefficient (Wildman–Crippen LogP) is 2.13. The predicted molar refractivity (Wildman–Crippen MR) is 125 cm³/mol. The summed E-state index contributed by atoms with van der Waals surface area (Å²) >= 11 is 0. The van der Waals surface area contributed by atoms with Crippen molar-refractivity contribution in [2.45, 2.75) is 31.8 Å². The van der Waals surface area contributed by atoms with Crippen molar-refractivity contribution in [3.8, 4) is 17.1 Å². The zero-order chi connectivity index (χ0) is 23.0. The Balaban J connectivity index is 1.25. The van der Waals surface area contributed by atoms with Crippen molar-refractivity contribution in [2.75, 3.05) is 32.7 Å². The van der Waals surface area contributed by atoms with Crippen molar-refractivity contribution in [2.24, 2.45) is 17.4 Å². The van der Waals surface area contributed by atoms with E-state index in [1.807, 2.05) is 35.2 Å². The lowest BCUT2D eigenvalue weighted by Crippen LogP contribution is -2.47. The molecule has 0 unspecified atom stereocenters. The third-order valence-electron chi connectivity index (χ3n) is 6.40. The number of hydrogen-bond donors (Lipinski definition) is 2. The molecule has 0 atom stereocenters. The second-order valence-corrected chi connectivity index (χ2v) is 8.54. The molecule has 2 aromatic rings. The van der Waals surface area contributed by atoms with E-state index >= 15 is 0 Å². The number of aromatic nitrogens is 2. The molecule has 1 aromatic carbocycles. The van der Waals surface area contributed by atoms with Crippen LogP contribution in [0.3, 0.4) is 0 Å². The minimum Gasteiger partial charge on any atom is -0.490 e. The normalized spacial score (nSPS) is 19.3. The molecule has 0 saturated carbocycles. The third-order valence-corrected chi connectivity index (χ3v) is 6.40. The zero-order valence-electron chi connectivity index (χ0n) is 18.8. The number of amides is 1. The van der Waals surface area contributed by atoms with Gasteiger partial charge < -0.3 is 25.6 Å². The molecule has 9 heteroatoms. The van der Waals surface area contributed by atoms with Crippen LogP contribution in [0.2, 0.25) is 0 Å².